The highest BCUT2D eigenvalue weighted by Crippen LogP contribution is 2.33. The quantitative estimate of drug-likeness (QED) is 0.525. The van der Waals surface area contributed by atoms with Crippen LogP contribution in [-0.4, -0.2) is 53.9 Å². The van der Waals surface area contributed by atoms with E-state index >= 15 is 0 Å². The standard InChI is InChI=1S/C22H28N6O2S2/c1-6-18-19(13-23)21(27(3)12-11-25-2)26-22(20(18)14-24)31-15-16-7-9-17(10-8-16)28(4)32(5,29)30/h7-10,25H,6,11-12,15H2,1-5H3. The molecule has 0 fully saturated rings. The van der Waals surface area contributed by atoms with Gasteiger partial charge < -0.3 is 10.2 Å². The molecule has 1 heterocycles. The number of sulfonamides is 1. The SMILES string of the molecule is CCc1c(C#N)c(SCc2ccc(N(C)S(C)(=O)=O)cc2)nc(N(C)CCNC)c1C#N. The predicted octanol–water partition coefficient (Wildman–Crippen LogP) is 2.73. The van der Waals surface area contributed by atoms with Crippen molar-refractivity contribution in [3.8, 4) is 12.1 Å². The molecule has 0 bridgehead atoms. The number of benzene rings is 1. The fourth-order valence-electron chi connectivity index (χ4n) is 3.09. The minimum Gasteiger partial charge on any atom is -0.357 e. The summed E-state index contributed by atoms with van der Waals surface area (Å²) in [4.78, 5) is 6.62. The van der Waals surface area contributed by atoms with Crippen molar-refractivity contribution in [2.75, 3.05) is 49.7 Å². The molecule has 1 aromatic heterocycles. The Morgan fingerprint density at radius 2 is 1.75 bits per heavy atom. The molecule has 0 aliphatic carbocycles. The molecule has 0 saturated heterocycles. The topological polar surface area (TPSA) is 113 Å². The number of pyridine rings is 1. The normalized spacial score (nSPS) is 11.0. The van der Waals surface area contributed by atoms with Gasteiger partial charge in [-0.2, -0.15) is 10.5 Å². The number of nitrogens with zero attached hydrogens (tertiary/aromatic N) is 5. The highest BCUT2D eigenvalue weighted by molar-refractivity contribution is 7.98. The molecule has 1 aromatic carbocycles. The van der Waals surface area contributed by atoms with Crippen LogP contribution < -0.4 is 14.5 Å². The first-order chi connectivity index (χ1) is 15.2. The minimum atomic E-state index is -3.32. The first kappa shape index (κ1) is 25.5. The van der Waals surface area contributed by atoms with Gasteiger partial charge in [0.1, 0.15) is 23.0 Å². The first-order valence-electron chi connectivity index (χ1n) is 10.1. The van der Waals surface area contributed by atoms with Crippen molar-refractivity contribution in [3.63, 3.8) is 0 Å². The first-order valence-corrected chi connectivity index (χ1v) is 12.9. The molecule has 0 unspecified atom stereocenters. The molecule has 32 heavy (non-hydrogen) atoms. The van der Waals surface area contributed by atoms with Crippen molar-refractivity contribution in [3.05, 3.63) is 46.5 Å². The van der Waals surface area contributed by atoms with Gasteiger partial charge in [-0.05, 0) is 36.7 Å². The number of nitriles is 2. The number of anilines is 2. The van der Waals surface area contributed by atoms with Crippen LogP contribution in [-0.2, 0) is 22.2 Å². The van der Waals surface area contributed by atoms with Crippen LogP contribution in [0.3, 0.4) is 0 Å². The van der Waals surface area contributed by atoms with Gasteiger partial charge in [-0.15, -0.1) is 11.8 Å². The Morgan fingerprint density at radius 3 is 2.25 bits per heavy atom. The molecule has 0 aliphatic heterocycles. The highest BCUT2D eigenvalue weighted by atomic mass is 32.2. The van der Waals surface area contributed by atoms with Gasteiger partial charge in [-0.25, -0.2) is 13.4 Å². The summed E-state index contributed by atoms with van der Waals surface area (Å²) in [5.74, 6) is 1.13. The van der Waals surface area contributed by atoms with Crippen molar-refractivity contribution in [1.82, 2.24) is 10.3 Å². The van der Waals surface area contributed by atoms with E-state index in [0.29, 0.717) is 51.9 Å². The molecule has 170 valence electrons. The number of thioether (sulfide) groups is 1. The van der Waals surface area contributed by atoms with Crippen LogP contribution in [0.15, 0.2) is 29.3 Å². The van der Waals surface area contributed by atoms with Crippen molar-refractivity contribution >= 4 is 33.3 Å². The Bertz CT molecular complexity index is 1130. The molecular weight excluding hydrogens is 444 g/mol. The van der Waals surface area contributed by atoms with E-state index in [2.05, 4.69) is 17.5 Å². The molecule has 2 rings (SSSR count). The third-order valence-corrected chi connectivity index (χ3v) is 7.31. The van der Waals surface area contributed by atoms with Crippen LogP contribution in [0.5, 0.6) is 0 Å². The summed E-state index contributed by atoms with van der Waals surface area (Å²) in [5.41, 5.74) is 3.15. The lowest BCUT2D eigenvalue weighted by atomic mass is 10.0. The zero-order valence-electron chi connectivity index (χ0n) is 19.0. The second-order valence-electron chi connectivity index (χ2n) is 7.26. The van der Waals surface area contributed by atoms with Crippen molar-refractivity contribution in [2.45, 2.75) is 24.1 Å². The van der Waals surface area contributed by atoms with Crippen LogP contribution in [0.2, 0.25) is 0 Å². The van der Waals surface area contributed by atoms with E-state index in [0.717, 1.165) is 18.4 Å². The summed E-state index contributed by atoms with van der Waals surface area (Å²) in [5, 5.41) is 23.2. The number of aromatic nitrogens is 1. The van der Waals surface area contributed by atoms with E-state index < -0.39 is 10.0 Å². The molecule has 10 heteroatoms. The predicted molar refractivity (Wildman–Crippen MR) is 129 cm³/mol. The average Bonchev–Trinajstić information content (AvgIpc) is 2.79. The summed E-state index contributed by atoms with van der Waals surface area (Å²) in [6.07, 6.45) is 1.72. The van der Waals surface area contributed by atoms with Crippen molar-refractivity contribution in [1.29, 1.82) is 10.5 Å². The van der Waals surface area contributed by atoms with Crippen LogP contribution in [0, 0.1) is 22.7 Å². The Hall–Kier alpha value is -2.79. The average molecular weight is 473 g/mol. The van der Waals surface area contributed by atoms with E-state index in [1.807, 2.05) is 38.1 Å². The maximum absolute atomic E-state index is 11.7. The molecule has 0 radical (unpaired) electrons. The zero-order valence-corrected chi connectivity index (χ0v) is 20.6. The fourth-order valence-corrected chi connectivity index (χ4v) is 4.56. The third-order valence-electron chi connectivity index (χ3n) is 5.06. The monoisotopic (exact) mass is 472 g/mol. The Morgan fingerprint density at radius 1 is 1.12 bits per heavy atom. The number of hydrogen-bond donors (Lipinski definition) is 1. The lowest BCUT2D eigenvalue weighted by molar-refractivity contribution is 0.600. The largest absolute Gasteiger partial charge is 0.357 e. The molecule has 0 aliphatic rings. The molecule has 0 atom stereocenters. The summed E-state index contributed by atoms with van der Waals surface area (Å²) >= 11 is 1.43. The van der Waals surface area contributed by atoms with Gasteiger partial charge in [-0.1, -0.05) is 19.1 Å². The van der Waals surface area contributed by atoms with Gasteiger partial charge in [-0.3, -0.25) is 4.31 Å². The van der Waals surface area contributed by atoms with Crippen LogP contribution in [0.4, 0.5) is 11.5 Å². The smallest absolute Gasteiger partial charge is 0.231 e. The van der Waals surface area contributed by atoms with Gasteiger partial charge in [0.25, 0.3) is 0 Å². The third kappa shape index (κ3) is 5.92. The van der Waals surface area contributed by atoms with E-state index in [1.54, 1.807) is 12.1 Å². The van der Waals surface area contributed by atoms with Crippen LogP contribution in [0.1, 0.15) is 29.2 Å². The van der Waals surface area contributed by atoms with Crippen LogP contribution >= 0.6 is 11.8 Å². The Balaban J connectivity index is 2.36. The molecule has 0 spiro atoms. The molecule has 8 nitrogen and oxygen atoms in total. The summed E-state index contributed by atoms with van der Waals surface area (Å²) in [7, 11) is 1.94. The van der Waals surface area contributed by atoms with Gasteiger partial charge in [0.15, 0.2) is 0 Å². The van der Waals surface area contributed by atoms with E-state index in [4.69, 9.17) is 4.98 Å². The van der Waals surface area contributed by atoms with E-state index in [-0.39, 0.29) is 0 Å². The van der Waals surface area contributed by atoms with Gasteiger partial charge >= 0.3 is 0 Å². The second-order valence-corrected chi connectivity index (χ2v) is 10.2. The lowest BCUT2D eigenvalue weighted by Crippen LogP contribution is -2.29. The maximum atomic E-state index is 11.7. The van der Waals surface area contributed by atoms with Crippen molar-refractivity contribution < 1.29 is 8.42 Å². The van der Waals surface area contributed by atoms with Gasteiger partial charge in [0, 0.05) is 32.9 Å². The van der Waals surface area contributed by atoms with E-state index in [1.165, 1.54) is 23.1 Å². The summed E-state index contributed by atoms with van der Waals surface area (Å²) in [6.45, 7) is 3.34. The fraction of sp³-hybridized carbons (Fsp3) is 0.409. The molecule has 0 saturated carbocycles. The maximum Gasteiger partial charge on any atom is 0.231 e. The zero-order chi connectivity index (χ0) is 23.9. The number of hydrogen-bond acceptors (Lipinski definition) is 8. The van der Waals surface area contributed by atoms with Crippen LogP contribution in [0.25, 0.3) is 0 Å². The van der Waals surface area contributed by atoms with Gasteiger partial charge in [0.05, 0.1) is 23.1 Å². The molecule has 0 amide bonds. The summed E-state index contributed by atoms with van der Waals surface area (Å²) in [6, 6.07) is 11.7. The Labute approximate surface area is 194 Å². The Kier molecular flexibility index (Phi) is 8.90. The van der Waals surface area contributed by atoms with E-state index in [9.17, 15) is 18.9 Å². The lowest BCUT2D eigenvalue weighted by Gasteiger charge is -2.22. The molecule has 2 aromatic rings. The van der Waals surface area contributed by atoms with Gasteiger partial charge in [0.2, 0.25) is 10.0 Å². The molecule has 1 N–H and O–H groups in total. The second kappa shape index (κ2) is 11.2. The summed E-state index contributed by atoms with van der Waals surface area (Å²) < 4.78 is 24.7. The number of likely N-dealkylation sites (N-methyl/N-ethyl adjacent to an activating group) is 2. The molecular formula is C22H28N6O2S2. The number of nitrogens with one attached hydrogen (secondary N) is 1. The van der Waals surface area contributed by atoms with Crippen molar-refractivity contribution in [2.24, 2.45) is 0 Å². The minimum absolute atomic E-state index is 0.438. The number of rotatable bonds is 10. The highest BCUT2D eigenvalue weighted by Gasteiger charge is 2.21.